The number of ether oxygens (including phenoxy) is 3. The Hall–Kier alpha value is -2.31. The van der Waals surface area contributed by atoms with Gasteiger partial charge in [0.2, 0.25) is 0 Å². The number of rotatable bonds is 8. The van der Waals surface area contributed by atoms with Crippen molar-refractivity contribution in [1.29, 1.82) is 0 Å². The second-order valence-electron chi connectivity index (χ2n) is 6.79. The Bertz CT molecular complexity index is 764. The Labute approximate surface area is 160 Å². The number of hydrogen-bond donors (Lipinski definition) is 0. The van der Waals surface area contributed by atoms with Gasteiger partial charge in [-0.1, -0.05) is 18.2 Å². The number of methoxy groups -OCH3 is 2. The van der Waals surface area contributed by atoms with Gasteiger partial charge in [0.1, 0.15) is 22.8 Å². The van der Waals surface area contributed by atoms with Crippen molar-refractivity contribution in [3.63, 3.8) is 0 Å². The highest BCUT2D eigenvalue weighted by Crippen LogP contribution is 2.24. The minimum absolute atomic E-state index is 0.218. The number of para-hydroxylation sites is 1. The van der Waals surface area contributed by atoms with Gasteiger partial charge in [0.15, 0.2) is 0 Å². The average molecular weight is 373 g/mol. The van der Waals surface area contributed by atoms with Gasteiger partial charge in [-0.25, -0.2) is 4.79 Å². The Morgan fingerprint density at radius 3 is 2.78 bits per heavy atom. The minimum atomic E-state index is -0.377. The fourth-order valence-corrected chi connectivity index (χ4v) is 3.49. The summed E-state index contributed by atoms with van der Waals surface area (Å²) in [4.78, 5) is 14.1. The Balaban J connectivity index is 1.78. The van der Waals surface area contributed by atoms with Crippen LogP contribution in [0.15, 0.2) is 34.7 Å². The molecule has 0 aliphatic carbocycles. The standard InChI is InChI=1S/C21H27NO5/c1-15-19(21(23)25-3)11-18(27-15)14-22(13-17-8-6-10-26-17)12-16-7-4-5-9-20(16)24-2/h4-5,7,9,11,17H,6,8,10,12-14H2,1-3H3. The number of benzene rings is 1. The number of carbonyl (C=O) groups is 1. The lowest BCUT2D eigenvalue weighted by Crippen LogP contribution is -2.31. The van der Waals surface area contributed by atoms with Crippen LogP contribution in [-0.2, 0) is 22.6 Å². The summed E-state index contributed by atoms with van der Waals surface area (Å²) in [5, 5.41) is 0. The lowest BCUT2D eigenvalue weighted by atomic mass is 10.1. The van der Waals surface area contributed by atoms with Crippen molar-refractivity contribution in [3.05, 3.63) is 53.0 Å². The van der Waals surface area contributed by atoms with E-state index < -0.39 is 0 Å². The lowest BCUT2D eigenvalue weighted by molar-refractivity contribution is 0.0598. The maximum Gasteiger partial charge on any atom is 0.341 e. The molecule has 0 N–H and O–H groups in total. The van der Waals surface area contributed by atoms with E-state index in [0.717, 1.165) is 43.1 Å². The van der Waals surface area contributed by atoms with Crippen LogP contribution in [0.25, 0.3) is 0 Å². The van der Waals surface area contributed by atoms with Crippen molar-refractivity contribution < 1.29 is 23.4 Å². The fourth-order valence-electron chi connectivity index (χ4n) is 3.49. The largest absolute Gasteiger partial charge is 0.496 e. The summed E-state index contributed by atoms with van der Waals surface area (Å²) < 4.78 is 21.9. The molecule has 27 heavy (non-hydrogen) atoms. The van der Waals surface area contributed by atoms with Crippen LogP contribution in [0.5, 0.6) is 5.75 Å². The van der Waals surface area contributed by atoms with Gasteiger partial charge in [0, 0.05) is 25.3 Å². The molecule has 1 aromatic heterocycles. The first-order valence-corrected chi connectivity index (χ1v) is 9.24. The van der Waals surface area contributed by atoms with Gasteiger partial charge in [-0.3, -0.25) is 4.90 Å². The third kappa shape index (κ3) is 4.90. The van der Waals surface area contributed by atoms with Crippen LogP contribution < -0.4 is 4.74 Å². The molecule has 0 saturated carbocycles. The molecule has 2 aromatic rings. The van der Waals surface area contributed by atoms with E-state index in [0.29, 0.717) is 24.4 Å². The summed E-state index contributed by atoms with van der Waals surface area (Å²) >= 11 is 0. The lowest BCUT2D eigenvalue weighted by Gasteiger charge is -2.25. The van der Waals surface area contributed by atoms with E-state index in [4.69, 9.17) is 18.6 Å². The predicted octanol–water partition coefficient (Wildman–Crippen LogP) is 3.56. The van der Waals surface area contributed by atoms with Crippen molar-refractivity contribution in [2.45, 2.75) is 39.0 Å². The molecule has 146 valence electrons. The van der Waals surface area contributed by atoms with Crippen LogP contribution in [0.3, 0.4) is 0 Å². The molecule has 1 aliphatic heterocycles. The Morgan fingerprint density at radius 2 is 2.07 bits per heavy atom. The number of nitrogens with zero attached hydrogens (tertiary/aromatic N) is 1. The smallest absolute Gasteiger partial charge is 0.341 e. The van der Waals surface area contributed by atoms with Crippen molar-refractivity contribution in [1.82, 2.24) is 4.90 Å². The van der Waals surface area contributed by atoms with Gasteiger partial charge in [-0.05, 0) is 31.9 Å². The number of furan rings is 1. The third-order valence-electron chi connectivity index (χ3n) is 4.83. The van der Waals surface area contributed by atoms with E-state index in [-0.39, 0.29) is 12.1 Å². The second-order valence-corrected chi connectivity index (χ2v) is 6.79. The maximum absolute atomic E-state index is 11.9. The first-order valence-electron chi connectivity index (χ1n) is 9.24. The van der Waals surface area contributed by atoms with Crippen LogP contribution in [0.2, 0.25) is 0 Å². The van der Waals surface area contributed by atoms with Gasteiger partial charge in [-0.15, -0.1) is 0 Å². The predicted molar refractivity (Wildman–Crippen MR) is 101 cm³/mol. The van der Waals surface area contributed by atoms with Crippen molar-refractivity contribution >= 4 is 5.97 Å². The molecule has 1 saturated heterocycles. The molecule has 1 fully saturated rings. The molecule has 2 heterocycles. The van der Waals surface area contributed by atoms with E-state index in [9.17, 15) is 4.79 Å². The van der Waals surface area contributed by atoms with Crippen LogP contribution in [-0.4, -0.2) is 44.3 Å². The number of hydrogen-bond acceptors (Lipinski definition) is 6. The third-order valence-corrected chi connectivity index (χ3v) is 4.83. The summed E-state index contributed by atoms with van der Waals surface area (Å²) in [5.41, 5.74) is 1.58. The molecule has 0 bridgehead atoms. The monoisotopic (exact) mass is 373 g/mol. The Kier molecular flexibility index (Phi) is 6.53. The summed E-state index contributed by atoms with van der Waals surface area (Å²) in [6.07, 6.45) is 2.38. The highest BCUT2D eigenvalue weighted by Gasteiger charge is 2.23. The zero-order chi connectivity index (χ0) is 19.2. The summed E-state index contributed by atoms with van der Waals surface area (Å²) in [6, 6.07) is 9.77. The van der Waals surface area contributed by atoms with E-state index in [1.54, 1.807) is 20.1 Å². The molecule has 1 unspecified atom stereocenters. The summed E-state index contributed by atoms with van der Waals surface area (Å²) in [5.74, 6) is 1.80. The SMILES string of the molecule is COC(=O)c1cc(CN(Cc2ccccc2OC)CC2CCCO2)oc1C. The normalized spacial score (nSPS) is 16.7. The molecule has 0 spiro atoms. The number of esters is 1. The van der Waals surface area contributed by atoms with Crippen LogP contribution in [0.1, 0.15) is 40.3 Å². The molecule has 1 atom stereocenters. The van der Waals surface area contributed by atoms with Crippen molar-refractivity contribution in [3.8, 4) is 5.75 Å². The second kappa shape index (κ2) is 9.06. The van der Waals surface area contributed by atoms with Crippen LogP contribution in [0.4, 0.5) is 0 Å². The molecule has 0 radical (unpaired) electrons. The minimum Gasteiger partial charge on any atom is -0.496 e. The zero-order valence-corrected chi connectivity index (χ0v) is 16.2. The number of carbonyl (C=O) groups excluding carboxylic acids is 1. The van der Waals surface area contributed by atoms with E-state index in [2.05, 4.69) is 11.0 Å². The van der Waals surface area contributed by atoms with Crippen LogP contribution in [0, 0.1) is 6.92 Å². The van der Waals surface area contributed by atoms with Gasteiger partial charge < -0.3 is 18.6 Å². The zero-order valence-electron chi connectivity index (χ0n) is 16.2. The summed E-state index contributed by atoms with van der Waals surface area (Å²) in [6.45, 7) is 4.68. The molecule has 0 amide bonds. The maximum atomic E-state index is 11.9. The molecular formula is C21H27NO5. The quantitative estimate of drug-likeness (QED) is 0.660. The molecule has 3 rings (SSSR count). The topological polar surface area (TPSA) is 61.1 Å². The first kappa shape index (κ1) is 19.5. The van der Waals surface area contributed by atoms with Gasteiger partial charge in [0.05, 0.1) is 26.9 Å². The van der Waals surface area contributed by atoms with E-state index in [1.807, 2.05) is 18.2 Å². The number of aryl methyl sites for hydroxylation is 1. The molecule has 1 aromatic carbocycles. The van der Waals surface area contributed by atoms with Gasteiger partial charge in [-0.2, -0.15) is 0 Å². The highest BCUT2D eigenvalue weighted by molar-refractivity contribution is 5.90. The molecule has 6 heteroatoms. The van der Waals surface area contributed by atoms with Crippen LogP contribution >= 0.6 is 0 Å². The molecular weight excluding hydrogens is 346 g/mol. The first-order chi connectivity index (χ1) is 13.1. The van der Waals surface area contributed by atoms with Gasteiger partial charge >= 0.3 is 5.97 Å². The molecule has 6 nitrogen and oxygen atoms in total. The van der Waals surface area contributed by atoms with Crippen molar-refractivity contribution in [2.75, 3.05) is 27.4 Å². The van der Waals surface area contributed by atoms with E-state index >= 15 is 0 Å². The Morgan fingerprint density at radius 1 is 1.26 bits per heavy atom. The summed E-state index contributed by atoms with van der Waals surface area (Å²) in [7, 11) is 3.06. The van der Waals surface area contributed by atoms with Gasteiger partial charge in [0.25, 0.3) is 0 Å². The highest BCUT2D eigenvalue weighted by atomic mass is 16.5. The van der Waals surface area contributed by atoms with Crippen molar-refractivity contribution in [2.24, 2.45) is 0 Å². The molecule has 1 aliphatic rings. The van der Waals surface area contributed by atoms with E-state index in [1.165, 1.54) is 7.11 Å². The fraction of sp³-hybridized carbons (Fsp3) is 0.476. The average Bonchev–Trinajstić information content (AvgIpc) is 3.31.